The molecule has 0 saturated carbocycles. The molecule has 86 valence electrons. The lowest BCUT2D eigenvalue weighted by atomic mass is 10.2. The van der Waals surface area contributed by atoms with E-state index in [0.717, 1.165) is 17.2 Å². The molecule has 1 aromatic heterocycles. The van der Waals surface area contributed by atoms with Crippen LogP contribution in [0.4, 0.5) is 5.69 Å². The summed E-state index contributed by atoms with van der Waals surface area (Å²) in [5.74, 6) is 1.74. The summed E-state index contributed by atoms with van der Waals surface area (Å²) >= 11 is 5.85. The minimum atomic E-state index is 0.465. The molecule has 17 heavy (non-hydrogen) atoms. The predicted octanol–water partition coefficient (Wildman–Crippen LogP) is 3.73. The molecule has 1 aromatic carbocycles. The van der Waals surface area contributed by atoms with Gasteiger partial charge in [0.15, 0.2) is 0 Å². The van der Waals surface area contributed by atoms with Crippen LogP contribution in [0.5, 0.6) is 0 Å². The van der Waals surface area contributed by atoms with Gasteiger partial charge in [0, 0.05) is 5.69 Å². The van der Waals surface area contributed by atoms with Gasteiger partial charge in [-0.1, -0.05) is 11.6 Å². The van der Waals surface area contributed by atoms with Crippen LogP contribution in [0.25, 0.3) is 0 Å². The van der Waals surface area contributed by atoms with Gasteiger partial charge in [-0.25, -0.2) is 0 Å². The first kappa shape index (κ1) is 11.6. The second-order valence-electron chi connectivity index (χ2n) is 3.67. The smallest absolute Gasteiger partial charge is 0.123 e. The first-order valence-electron chi connectivity index (χ1n) is 5.18. The average molecular weight is 247 g/mol. The highest BCUT2D eigenvalue weighted by Gasteiger charge is 2.02. The normalized spacial score (nSPS) is 9.94. The molecule has 3 nitrogen and oxygen atoms in total. The highest BCUT2D eigenvalue weighted by Crippen LogP contribution is 2.20. The van der Waals surface area contributed by atoms with Crippen LogP contribution in [0.1, 0.15) is 17.1 Å². The number of nitriles is 1. The molecular weight excluding hydrogens is 236 g/mol. The number of hydrogen-bond donors (Lipinski definition) is 1. The Morgan fingerprint density at radius 1 is 1.35 bits per heavy atom. The van der Waals surface area contributed by atoms with Gasteiger partial charge >= 0.3 is 0 Å². The van der Waals surface area contributed by atoms with Gasteiger partial charge in [-0.15, -0.1) is 0 Å². The number of rotatable bonds is 3. The number of nitrogens with one attached hydrogen (secondary N) is 1. The number of halogens is 1. The number of furan rings is 1. The Morgan fingerprint density at radius 2 is 2.18 bits per heavy atom. The van der Waals surface area contributed by atoms with Crippen molar-refractivity contribution in [3.63, 3.8) is 0 Å². The Hall–Kier alpha value is -1.92. The molecule has 0 unspecified atom stereocenters. The third-order valence-corrected chi connectivity index (χ3v) is 2.68. The summed E-state index contributed by atoms with van der Waals surface area (Å²) < 4.78 is 5.43. The van der Waals surface area contributed by atoms with Crippen LogP contribution >= 0.6 is 11.6 Å². The molecule has 1 N–H and O–H groups in total. The maximum Gasteiger partial charge on any atom is 0.123 e. The molecule has 0 amide bonds. The molecular formula is C13H11ClN2O. The lowest BCUT2D eigenvalue weighted by Crippen LogP contribution is -1.98. The van der Waals surface area contributed by atoms with Crippen LogP contribution in [0.2, 0.25) is 5.02 Å². The van der Waals surface area contributed by atoms with Crippen LogP contribution in [-0.2, 0) is 6.54 Å². The monoisotopic (exact) mass is 246 g/mol. The molecule has 0 atom stereocenters. The largest absolute Gasteiger partial charge is 0.465 e. The van der Waals surface area contributed by atoms with Crippen molar-refractivity contribution >= 4 is 17.3 Å². The summed E-state index contributed by atoms with van der Waals surface area (Å²) in [6, 6.07) is 11.1. The topological polar surface area (TPSA) is 49.0 Å². The Morgan fingerprint density at radius 3 is 2.82 bits per heavy atom. The minimum absolute atomic E-state index is 0.465. The van der Waals surface area contributed by atoms with Crippen LogP contribution in [0.15, 0.2) is 34.7 Å². The van der Waals surface area contributed by atoms with E-state index in [2.05, 4.69) is 5.32 Å². The fourth-order valence-electron chi connectivity index (χ4n) is 1.49. The number of benzene rings is 1. The molecule has 0 bridgehead atoms. The van der Waals surface area contributed by atoms with Crippen molar-refractivity contribution in [2.45, 2.75) is 13.5 Å². The van der Waals surface area contributed by atoms with Crippen LogP contribution in [-0.4, -0.2) is 0 Å². The number of hydrogen-bond acceptors (Lipinski definition) is 3. The van der Waals surface area contributed by atoms with E-state index in [-0.39, 0.29) is 0 Å². The third kappa shape index (κ3) is 2.80. The van der Waals surface area contributed by atoms with Crippen molar-refractivity contribution in [3.05, 3.63) is 52.4 Å². The summed E-state index contributed by atoms with van der Waals surface area (Å²) in [6.07, 6.45) is 0. The van der Waals surface area contributed by atoms with Crippen molar-refractivity contribution in [2.75, 3.05) is 5.32 Å². The summed E-state index contributed by atoms with van der Waals surface area (Å²) in [4.78, 5) is 0. The van der Waals surface area contributed by atoms with Gasteiger partial charge in [0.05, 0.1) is 17.1 Å². The first-order chi connectivity index (χ1) is 8.19. The third-order valence-electron chi connectivity index (χ3n) is 2.35. The zero-order valence-electron chi connectivity index (χ0n) is 9.33. The standard InChI is InChI=1S/C13H11ClN2O/c1-9-2-4-12(17-9)8-16-11-3-5-13(14)10(6-11)7-15/h2-6,16H,8H2,1H3. The molecule has 0 saturated heterocycles. The first-order valence-corrected chi connectivity index (χ1v) is 5.55. The van der Waals surface area contributed by atoms with Crippen LogP contribution in [0.3, 0.4) is 0 Å². The number of anilines is 1. The van der Waals surface area contributed by atoms with Gasteiger partial charge in [0.2, 0.25) is 0 Å². The maximum atomic E-state index is 8.85. The highest BCUT2D eigenvalue weighted by molar-refractivity contribution is 6.31. The molecule has 2 rings (SSSR count). The van der Waals surface area contributed by atoms with E-state index in [1.807, 2.05) is 31.2 Å². The average Bonchev–Trinajstić information content (AvgIpc) is 2.74. The van der Waals surface area contributed by atoms with Gasteiger partial charge in [-0.05, 0) is 37.3 Å². The quantitative estimate of drug-likeness (QED) is 0.898. The van der Waals surface area contributed by atoms with Gasteiger partial charge in [0.25, 0.3) is 0 Å². The van der Waals surface area contributed by atoms with E-state index in [0.29, 0.717) is 17.1 Å². The highest BCUT2D eigenvalue weighted by atomic mass is 35.5. The summed E-state index contributed by atoms with van der Waals surface area (Å²) in [5.41, 5.74) is 1.31. The van der Waals surface area contributed by atoms with Crippen molar-refractivity contribution in [1.82, 2.24) is 0 Å². The second kappa shape index (κ2) is 4.94. The van der Waals surface area contributed by atoms with E-state index in [1.54, 1.807) is 12.1 Å². The van der Waals surface area contributed by atoms with Gasteiger partial charge < -0.3 is 9.73 Å². The molecule has 0 radical (unpaired) electrons. The van der Waals surface area contributed by atoms with Crippen molar-refractivity contribution in [1.29, 1.82) is 5.26 Å². The van der Waals surface area contributed by atoms with Crippen molar-refractivity contribution in [3.8, 4) is 6.07 Å². The number of nitrogens with zero attached hydrogens (tertiary/aromatic N) is 1. The second-order valence-corrected chi connectivity index (χ2v) is 4.08. The fourth-order valence-corrected chi connectivity index (χ4v) is 1.65. The fraction of sp³-hybridized carbons (Fsp3) is 0.154. The van der Waals surface area contributed by atoms with E-state index in [4.69, 9.17) is 21.3 Å². The van der Waals surface area contributed by atoms with Crippen LogP contribution in [0, 0.1) is 18.3 Å². The van der Waals surface area contributed by atoms with Gasteiger partial charge in [0.1, 0.15) is 17.6 Å². The summed E-state index contributed by atoms with van der Waals surface area (Å²) in [5, 5.41) is 12.5. The Bertz CT molecular complexity index is 569. The molecule has 0 aliphatic heterocycles. The molecule has 1 heterocycles. The Labute approximate surface area is 105 Å². The van der Waals surface area contributed by atoms with E-state index < -0.39 is 0 Å². The predicted molar refractivity (Wildman–Crippen MR) is 66.9 cm³/mol. The lowest BCUT2D eigenvalue weighted by Gasteiger charge is -2.05. The van der Waals surface area contributed by atoms with E-state index in [9.17, 15) is 0 Å². The molecule has 0 aliphatic carbocycles. The lowest BCUT2D eigenvalue weighted by molar-refractivity contribution is 0.490. The summed E-state index contributed by atoms with van der Waals surface area (Å²) in [7, 11) is 0. The number of aryl methyl sites for hydroxylation is 1. The van der Waals surface area contributed by atoms with Gasteiger partial charge in [-0.2, -0.15) is 5.26 Å². The van der Waals surface area contributed by atoms with E-state index in [1.165, 1.54) is 0 Å². The zero-order chi connectivity index (χ0) is 12.3. The maximum absolute atomic E-state index is 8.85. The molecule has 0 fully saturated rings. The Balaban J connectivity index is 2.07. The van der Waals surface area contributed by atoms with Crippen molar-refractivity contribution in [2.24, 2.45) is 0 Å². The minimum Gasteiger partial charge on any atom is -0.465 e. The molecule has 2 aromatic rings. The molecule has 0 spiro atoms. The summed E-state index contributed by atoms with van der Waals surface area (Å²) in [6.45, 7) is 2.49. The molecule has 4 heteroatoms. The van der Waals surface area contributed by atoms with E-state index >= 15 is 0 Å². The van der Waals surface area contributed by atoms with Gasteiger partial charge in [-0.3, -0.25) is 0 Å². The molecule has 0 aliphatic rings. The van der Waals surface area contributed by atoms with Crippen LogP contribution < -0.4 is 5.32 Å². The SMILES string of the molecule is Cc1ccc(CNc2ccc(Cl)c(C#N)c2)o1. The zero-order valence-corrected chi connectivity index (χ0v) is 10.1. The Kier molecular flexibility index (Phi) is 3.36. The van der Waals surface area contributed by atoms with Crippen molar-refractivity contribution < 1.29 is 4.42 Å².